The Morgan fingerprint density at radius 3 is 2.72 bits per heavy atom. The minimum absolute atomic E-state index is 0.771. The Kier molecular flexibility index (Phi) is 4.75. The van der Waals surface area contributed by atoms with Gasteiger partial charge in [0.2, 0.25) is 0 Å². The summed E-state index contributed by atoms with van der Waals surface area (Å²) in [6.07, 6.45) is 0. The van der Waals surface area contributed by atoms with Crippen LogP contribution in [0.1, 0.15) is 5.56 Å². The lowest BCUT2D eigenvalue weighted by molar-refractivity contribution is 0.354. The average Bonchev–Trinajstić information content (AvgIpc) is 2.91. The first-order valence-electron chi connectivity index (χ1n) is 5.89. The van der Waals surface area contributed by atoms with Crippen LogP contribution >= 0.6 is 11.8 Å². The largest absolute Gasteiger partial charge is 0.493 e. The number of aliphatic imine (C=N–C) groups is 1. The molecule has 0 atom stereocenters. The van der Waals surface area contributed by atoms with Crippen LogP contribution in [0.25, 0.3) is 0 Å². The van der Waals surface area contributed by atoms with Gasteiger partial charge in [-0.2, -0.15) is 0 Å². The predicted molar refractivity (Wildman–Crippen MR) is 76.0 cm³/mol. The van der Waals surface area contributed by atoms with Crippen LogP contribution in [-0.4, -0.2) is 38.9 Å². The lowest BCUT2D eigenvalue weighted by Gasteiger charge is -2.09. The molecule has 0 spiro atoms. The summed E-state index contributed by atoms with van der Waals surface area (Å²) in [6.45, 7) is 1.89. The Bertz CT molecular complexity index is 435. The molecule has 0 aromatic heterocycles. The molecular formula is C13H18N2O2S. The second kappa shape index (κ2) is 6.54. The zero-order valence-electron chi connectivity index (χ0n) is 10.7. The number of hydrogen-bond acceptors (Lipinski definition) is 5. The van der Waals surface area contributed by atoms with Gasteiger partial charge in [0.15, 0.2) is 11.5 Å². The van der Waals surface area contributed by atoms with Gasteiger partial charge in [-0.3, -0.25) is 4.99 Å². The second-order valence-electron chi connectivity index (χ2n) is 3.94. The molecule has 2 rings (SSSR count). The standard InChI is InChI=1S/C13H18N2O2S/c1-16-11-4-3-10(7-12(11)17-2)8-18-9-13-14-5-6-15-13/h3-4,7H,5-6,8-9H2,1-2H3,(H,14,15). The Morgan fingerprint density at radius 2 is 2.06 bits per heavy atom. The van der Waals surface area contributed by atoms with Crippen LogP contribution in [0.5, 0.6) is 11.5 Å². The molecule has 0 unspecified atom stereocenters. The van der Waals surface area contributed by atoms with Crippen LogP contribution in [0.15, 0.2) is 23.2 Å². The molecule has 0 saturated heterocycles. The van der Waals surface area contributed by atoms with Gasteiger partial charge in [0.05, 0.1) is 26.5 Å². The summed E-state index contributed by atoms with van der Waals surface area (Å²) in [4.78, 5) is 4.37. The molecule has 1 heterocycles. The number of ether oxygens (including phenoxy) is 2. The molecule has 0 amide bonds. The van der Waals surface area contributed by atoms with Crippen LogP contribution in [0.2, 0.25) is 0 Å². The zero-order valence-corrected chi connectivity index (χ0v) is 11.5. The fraction of sp³-hybridized carbons (Fsp3) is 0.462. The minimum Gasteiger partial charge on any atom is -0.493 e. The number of benzene rings is 1. The van der Waals surface area contributed by atoms with Gasteiger partial charge in [-0.25, -0.2) is 0 Å². The molecule has 0 fully saturated rings. The molecule has 0 saturated carbocycles. The van der Waals surface area contributed by atoms with Crippen molar-refractivity contribution in [1.82, 2.24) is 5.32 Å². The Hall–Kier alpha value is -1.36. The van der Waals surface area contributed by atoms with Gasteiger partial charge in [-0.05, 0) is 17.7 Å². The Morgan fingerprint density at radius 1 is 1.22 bits per heavy atom. The van der Waals surface area contributed by atoms with E-state index in [-0.39, 0.29) is 0 Å². The highest BCUT2D eigenvalue weighted by Gasteiger charge is 2.07. The molecule has 0 radical (unpaired) electrons. The van der Waals surface area contributed by atoms with Crippen molar-refractivity contribution in [2.45, 2.75) is 5.75 Å². The van der Waals surface area contributed by atoms with E-state index in [2.05, 4.69) is 16.4 Å². The number of rotatable bonds is 6. The average molecular weight is 266 g/mol. The van der Waals surface area contributed by atoms with E-state index in [1.54, 1.807) is 14.2 Å². The first-order valence-corrected chi connectivity index (χ1v) is 7.05. The first-order chi connectivity index (χ1) is 8.83. The lowest BCUT2D eigenvalue weighted by atomic mass is 10.2. The first kappa shape index (κ1) is 13.1. The maximum absolute atomic E-state index is 5.29. The van der Waals surface area contributed by atoms with E-state index in [1.807, 2.05) is 23.9 Å². The summed E-state index contributed by atoms with van der Waals surface area (Å²) in [5.41, 5.74) is 1.23. The van der Waals surface area contributed by atoms with Crippen LogP contribution in [0.4, 0.5) is 0 Å². The highest BCUT2D eigenvalue weighted by atomic mass is 32.2. The molecule has 1 N–H and O–H groups in total. The molecule has 1 aromatic carbocycles. The quantitative estimate of drug-likeness (QED) is 0.854. The van der Waals surface area contributed by atoms with Crippen molar-refractivity contribution in [3.05, 3.63) is 23.8 Å². The van der Waals surface area contributed by atoms with E-state index in [0.717, 1.165) is 41.9 Å². The van der Waals surface area contributed by atoms with E-state index in [9.17, 15) is 0 Å². The number of hydrogen-bond donors (Lipinski definition) is 1. The molecule has 1 aromatic rings. The monoisotopic (exact) mass is 266 g/mol. The third kappa shape index (κ3) is 3.32. The van der Waals surface area contributed by atoms with Crippen LogP contribution < -0.4 is 14.8 Å². The van der Waals surface area contributed by atoms with Crippen molar-refractivity contribution >= 4 is 17.6 Å². The smallest absolute Gasteiger partial charge is 0.161 e. The highest BCUT2D eigenvalue weighted by molar-refractivity contribution is 7.99. The minimum atomic E-state index is 0.771. The van der Waals surface area contributed by atoms with Crippen molar-refractivity contribution in [1.29, 1.82) is 0 Å². The number of nitrogens with one attached hydrogen (secondary N) is 1. The van der Waals surface area contributed by atoms with Crippen LogP contribution in [-0.2, 0) is 5.75 Å². The topological polar surface area (TPSA) is 42.8 Å². The lowest BCUT2D eigenvalue weighted by Crippen LogP contribution is -2.20. The van der Waals surface area contributed by atoms with Gasteiger partial charge < -0.3 is 14.8 Å². The maximum atomic E-state index is 5.29. The van der Waals surface area contributed by atoms with Crippen molar-refractivity contribution in [3.63, 3.8) is 0 Å². The Labute approximate surface area is 112 Å². The van der Waals surface area contributed by atoms with Gasteiger partial charge >= 0.3 is 0 Å². The maximum Gasteiger partial charge on any atom is 0.161 e. The summed E-state index contributed by atoms with van der Waals surface area (Å²) in [7, 11) is 3.31. The second-order valence-corrected chi connectivity index (χ2v) is 4.92. The molecule has 0 aliphatic carbocycles. The van der Waals surface area contributed by atoms with E-state index in [1.165, 1.54) is 5.56 Å². The zero-order chi connectivity index (χ0) is 12.8. The van der Waals surface area contributed by atoms with Crippen LogP contribution in [0, 0.1) is 0 Å². The van der Waals surface area contributed by atoms with E-state index in [0.29, 0.717) is 0 Å². The normalized spacial score (nSPS) is 14.0. The molecule has 98 valence electrons. The molecule has 4 nitrogen and oxygen atoms in total. The predicted octanol–water partition coefficient (Wildman–Crippen LogP) is 1.94. The fourth-order valence-corrected chi connectivity index (χ4v) is 2.68. The summed E-state index contributed by atoms with van der Waals surface area (Å²) >= 11 is 1.85. The van der Waals surface area contributed by atoms with Crippen molar-refractivity contribution in [2.24, 2.45) is 4.99 Å². The number of amidine groups is 1. The van der Waals surface area contributed by atoms with Gasteiger partial charge in [0.25, 0.3) is 0 Å². The van der Waals surface area contributed by atoms with Crippen molar-refractivity contribution in [3.8, 4) is 11.5 Å². The molecule has 0 bridgehead atoms. The summed E-state index contributed by atoms with van der Waals surface area (Å²) in [6, 6.07) is 6.04. The summed E-state index contributed by atoms with van der Waals surface area (Å²) < 4.78 is 10.5. The molecule has 18 heavy (non-hydrogen) atoms. The summed E-state index contributed by atoms with van der Waals surface area (Å²) in [5.74, 6) is 4.55. The van der Waals surface area contributed by atoms with Gasteiger partial charge in [0.1, 0.15) is 5.84 Å². The van der Waals surface area contributed by atoms with Crippen LogP contribution in [0.3, 0.4) is 0 Å². The Balaban J connectivity index is 1.88. The van der Waals surface area contributed by atoms with Crippen molar-refractivity contribution in [2.75, 3.05) is 33.1 Å². The molecular weight excluding hydrogens is 248 g/mol. The third-order valence-electron chi connectivity index (χ3n) is 2.70. The van der Waals surface area contributed by atoms with E-state index in [4.69, 9.17) is 9.47 Å². The third-order valence-corrected chi connectivity index (χ3v) is 3.71. The fourth-order valence-electron chi connectivity index (χ4n) is 1.78. The number of methoxy groups -OCH3 is 2. The highest BCUT2D eigenvalue weighted by Crippen LogP contribution is 2.29. The van der Waals surface area contributed by atoms with Gasteiger partial charge in [-0.1, -0.05) is 6.07 Å². The number of thioether (sulfide) groups is 1. The molecule has 1 aliphatic heterocycles. The molecule has 1 aliphatic rings. The number of nitrogens with zero attached hydrogens (tertiary/aromatic N) is 1. The van der Waals surface area contributed by atoms with E-state index >= 15 is 0 Å². The van der Waals surface area contributed by atoms with Crippen molar-refractivity contribution < 1.29 is 9.47 Å². The van der Waals surface area contributed by atoms with E-state index < -0.39 is 0 Å². The van der Waals surface area contributed by atoms with Gasteiger partial charge in [0, 0.05) is 12.3 Å². The summed E-state index contributed by atoms with van der Waals surface area (Å²) in [5, 5.41) is 3.27. The molecule has 5 heteroatoms. The SMILES string of the molecule is COc1ccc(CSCC2=NCCN2)cc1OC. The van der Waals surface area contributed by atoms with Gasteiger partial charge in [-0.15, -0.1) is 11.8 Å².